The predicted octanol–water partition coefficient (Wildman–Crippen LogP) is 5.53. The molecule has 2 amide bonds. The molecule has 0 unspecified atom stereocenters. The first kappa shape index (κ1) is 25.0. The summed E-state index contributed by atoms with van der Waals surface area (Å²) in [6, 6.07) is 12.1. The number of benzene rings is 2. The predicted molar refractivity (Wildman–Crippen MR) is 154 cm³/mol. The molecular weight excluding hydrogens is 514 g/mol. The van der Waals surface area contributed by atoms with E-state index in [2.05, 4.69) is 42.3 Å². The zero-order chi connectivity index (χ0) is 26.6. The second kappa shape index (κ2) is 9.78. The molecule has 1 N–H and O–H groups in total. The fraction of sp³-hybridized carbons (Fsp3) is 0.379. The van der Waals surface area contributed by atoms with Crippen LogP contribution in [0.2, 0.25) is 0 Å². The Bertz CT molecular complexity index is 1540. The molecule has 1 saturated carbocycles. The molecule has 9 heteroatoms. The lowest BCUT2D eigenvalue weighted by Crippen LogP contribution is -2.50. The van der Waals surface area contributed by atoms with Crippen molar-refractivity contribution in [2.75, 3.05) is 25.5 Å². The van der Waals surface area contributed by atoms with Crippen LogP contribution in [0.3, 0.4) is 0 Å². The Labute approximate surface area is 230 Å². The number of fused-ring (bicyclic) bond motifs is 3. The topological polar surface area (TPSA) is 78.4 Å². The van der Waals surface area contributed by atoms with Gasteiger partial charge in [-0.2, -0.15) is 0 Å². The molecule has 6 rings (SSSR count). The molecule has 1 aliphatic carbocycles. The summed E-state index contributed by atoms with van der Waals surface area (Å²) in [5, 5.41) is 3.96. The first-order valence-corrected chi connectivity index (χ1v) is 14.7. The first-order valence-electron chi connectivity index (χ1n) is 13.0. The highest BCUT2D eigenvalue weighted by Crippen LogP contribution is 2.44. The quantitative estimate of drug-likeness (QED) is 0.345. The van der Waals surface area contributed by atoms with Gasteiger partial charge in [-0.25, -0.2) is 9.97 Å². The van der Waals surface area contributed by atoms with Crippen LogP contribution in [0.4, 0.5) is 5.13 Å². The highest BCUT2D eigenvalue weighted by Gasteiger charge is 2.49. The lowest BCUT2D eigenvalue weighted by molar-refractivity contribution is 0.0578. The summed E-state index contributed by atoms with van der Waals surface area (Å²) in [5.41, 5.74) is 7.18. The number of piperidine rings is 1. The number of thiazole rings is 2. The van der Waals surface area contributed by atoms with E-state index in [0.29, 0.717) is 23.7 Å². The van der Waals surface area contributed by atoms with Gasteiger partial charge in [0.05, 0.1) is 32.2 Å². The van der Waals surface area contributed by atoms with Crippen molar-refractivity contribution in [1.29, 1.82) is 0 Å². The van der Waals surface area contributed by atoms with E-state index in [1.54, 1.807) is 16.8 Å². The standard InChI is InChI=1S/C29H31N5O2S2/c1-16-8-9-19(12-17(16)2)25-24(32-29(38-25)33(3)4)28(36)34-20-11-10-18(13-20)23(34)14-30-27(35)21-6-5-7-22-26(21)37-15-31-22/h5-9,12,15,18,20,23H,10-11,13-14H2,1-4H3,(H,30,35)/t18-,20+,23+/m0/s1. The Balaban J connectivity index is 1.29. The Morgan fingerprint density at radius 1 is 1.13 bits per heavy atom. The zero-order valence-electron chi connectivity index (χ0n) is 22.0. The molecule has 2 aliphatic rings. The van der Waals surface area contributed by atoms with Crippen molar-refractivity contribution < 1.29 is 9.59 Å². The van der Waals surface area contributed by atoms with Crippen molar-refractivity contribution >= 4 is 49.8 Å². The van der Waals surface area contributed by atoms with Crippen LogP contribution >= 0.6 is 22.7 Å². The van der Waals surface area contributed by atoms with Gasteiger partial charge < -0.3 is 15.1 Å². The number of anilines is 1. The monoisotopic (exact) mass is 545 g/mol. The first-order chi connectivity index (χ1) is 18.3. The number of aryl methyl sites for hydroxylation is 2. The average Bonchev–Trinajstić information content (AvgIpc) is 3.71. The summed E-state index contributed by atoms with van der Waals surface area (Å²) in [5.74, 6) is 0.244. The molecule has 2 fully saturated rings. The zero-order valence-corrected chi connectivity index (χ0v) is 23.7. The molecule has 4 aromatic rings. The molecule has 0 spiro atoms. The van der Waals surface area contributed by atoms with E-state index >= 15 is 0 Å². The second-order valence-electron chi connectivity index (χ2n) is 10.6. The van der Waals surface area contributed by atoms with Gasteiger partial charge in [-0.1, -0.05) is 35.6 Å². The number of nitrogens with one attached hydrogen (secondary N) is 1. The van der Waals surface area contributed by atoms with Crippen molar-refractivity contribution in [1.82, 2.24) is 20.2 Å². The molecule has 1 saturated heterocycles. The Morgan fingerprint density at radius 2 is 1.97 bits per heavy atom. The Kier molecular flexibility index (Phi) is 6.44. The van der Waals surface area contributed by atoms with Crippen molar-refractivity contribution in [3.8, 4) is 10.4 Å². The summed E-state index contributed by atoms with van der Waals surface area (Å²) in [4.78, 5) is 41.5. The van der Waals surface area contributed by atoms with Gasteiger partial charge in [0.1, 0.15) is 5.69 Å². The molecule has 1 aliphatic heterocycles. The van der Waals surface area contributed by atoms with Crippen molar-refractivity contribution in [3.63, 3.8) is 0 Å². The second-order valence-corrected chi connectivity index (χ2v) is 12.4. The van der Waals surface area contributed by atoms with Crippen LogP contribution in [0.1, 0.15) is 51.2 Å². The van der Waals surface area contributed by atoms with E-state index in [4.69, 9.17) is 4.98 Å². The van der Waals surface area contributed by atoms with E-state index in [0.717, 1.165) is 45.1 Å². The van der Waals surface area contributed by atoms with Crippen LogP contribution in [0, 0.1) is 19.8 Å². The fourth-order valence-electron chi connectivity index (χ4n) is 5.88. The van der Waals surface area contributed by atoms with Crippen molar-refractivity contribution in [3.05, 3.63) is 64.3 Å². The fourth-order valence-corrected chi connectivity index (χ4v) is 7.65. The molecule has 0 radical (unpaired) electrons. The minimum Gasteiger partial charge on any atom is -0.354 e. The largest absolute Gasteiger partial charge is 0.354 e. The van der Waals surface area contributed by atoms with Crippen LogP contribution in [0.25, 0.3) is 20.7 Å². The van der Waals surface area contributed by atoms with E-state index in [9.17, 15) is 9.59 Å². The van der Waals surface area contributed by atoms with Crippen LogP contribution in [-0.2, 0) is 0 Å². The lowest BCUT2D eigenvalue weighted by Gasteiger charge is -2.35. The minimum absolute atomic E-state index is 0.0291. The van der Waals surface area contributed by atoms with E-state index in [-0.39, 0.29) is 23.9 Å². The third-order valence-electron chi connectivity index (χ3n) is 8.02. The van der Waals surface area contributed by atoms with Gasteiger partial charge in [0.25, 0.3) is 11.8 Å². The SMILES string of the molecule is Cc1ccc(-c2sc(N(C)C)nc2C(=O)N2[C@@H]3CC[C@@H](C3)[C@H]2CNC(=O)c2cccc3ncsc23)cc1C. The molecular formula is C29H31N5O2S2. The highest BCUT2D eigenvalue weighted by atomic mass is 32.1. The van der Waals surface area contributed by atoms with Gasteiger partial charge >= 0.3 is 0 Å². The number of rotatable bonds is 6. The van der Waals surface area contributed by atoms with Crippen LogP contribution in [-0.4, -0.2) is 59.4 Å². The maximum atomic E-state index is 14.2. The summed E-state index contributed by atoms with van der Waals surface area (Å²) >= 11 is 3.03. The molecule has 2 bridgehead atoms. The van der Waals surface area contributed by atoms with Crippen molar-refractivity contribution in [2.24, 2.45) is 5.92 Å². The Morgan fingerprint density at radius 3 is 2.76 bits per heavy atom. The van der Waals surface area contributed by atoms with E-state index in [1.165, 1.54) is 22.5 Å². The molecule has 196 valence electrons. The number of hydrogen-bond acceptors (Lipinski definition) is 7. The lowest BCUT2D eigenvalue weighted by atomic mass is 9.97. The van der Waals surface area contributed by atoms with Gasteiger partial charge in [0.15, 0.2) is 5.13 Å². The van der Waals surface area contributed by atoms with E-state index < -0.39 is 0 Å². The number of carbonyl (C=O) groups excluding carboxylic acids is 2. The van der Waals surface area contributed by atoms with Crippen LogP contribution < -0.4 is 10.2 Å². The summed E-state index contributed by atoms with van der Waals surface area (Å²) in [6.07, 6.45) is 3.08. The molecule has 3 atom stereocenters. The van der Waals surface area contributed by atoms with Gasteiger partial charge in [-0.05, 0) is 67.9 Å². The average molecular weight is 546 g/mol. The number of amides is 2. The number of nitrogens with zero attached hydrogens (tertiary/aromatic N) is 4. The number of carbonyl (C=O) groups is 2. The highest BCUT2D eigenvalue weighted by molar-refractivity contribution is 7.19. The molecule has 2 aromatic carbocycles. The number of aromatic nitrogens is 2. The third-order valence-corrected chi connectivity index (χ3v) is 10.2. The maximum Gasteiger partial charge on any atom is 0.274 e. The maximum absolute atomic E-state index is 14.2. The van der Waals surface area contributed by atoms with Crippen molar-refractivity contribution in [2.45, 2.75) is 45.2 Å². The van der Waals surface area contributed by atoms with Gasteiger partial charge in [-0.3, -0.25) is 9.59 Å². The summed E-state index contributed by atoms with van der Waals surface area (Å²) in [7, 11) is 3.91. The minimum atomic E-state index is -0.116. The molecule has 7 nitrogen and oxygen atoms in total. The van der Waals surface area contributed by atoms with Crippen LogP contribution in [0.5, 0.6) is 0 Å². The Hall–Kier alpha value is -3.30. The molecule has 2 aromatic heterocycles. The molecule has 38 heavy (non-hydrogen) atoms. The van der Waals surface area contributed by atoms with Gasteiger partial charge in [-0.15, -0.1) is 11.3 Å². The smallest absolute Gasteiger partial charge is 0.274 e. The molecule has 3 heterocycles. The number of hydrogen-bond donors (Lipinski definition) is 1. The third kappa shape index (κ3) is 4.27. The summed E-state index contributed by atoms with van der Waals surface area (Å²) in [6.45, 7) is 4.63. The van der Waals surface area contributed by atoms with Gasteiger partial charge in [0.2, 0.25) is 0 Å². The summed E-state index contributed by atoms with van der Waals surface area (Å²) < 4.78 is 0.891. The van der Waals surface area contributed by atoms with E-state index in [1.807, 2.05) is 42.1 Å². The number of likely N-dealkylation sites (tertiary alicyclic amines) is 1. The normalized spacial score (nSPS) is 20.3. The van der Waals surface area contributed by atoms with Crippen LogP contribution in [0.15, 0.2) is 41.9 Å². The van der Waals surface area contributed by atoms with Gasteiger partial charge in [0, 0.05) is 26.7 Å².